The molecule has 0 atom stereocenters. The van der Waals surface area contributed by atoms with Crippen LogP contribution in [0.3, 0.4) is 0 Å². The fourth-order valence-electron chi connectivity index (χ4n) is 3.49. The molecule has 0 radical (unpaired) electrons. The molecule has 0 unspecified atom stereocenters. The first-order chi connectivity index (χ1) is 14.1. The van der Waals surface area contributed by atoms with Crippen LogP contribution >= 0.6 is 11.3 Å². The van der Waals surface area contributed by atoms with Gasteiger partial charge in [0.1, 0.15) is 11.1 Å². The highest BCUT2D eigenvalue weighted by Crippen LogP contribution is 2.37. The molecule has 0 fully saturated rings. The predicted molar refractivity (Wildman–Crippen MR) is 112 cm³/mol. The van der Waals surface area contributed by atoms with E-state index >= 15 is 0 Å². The van der Waals surface area contributed by atoms with Crippen molar-refractivity contribution in [1.82, 2.24) is 4.90 Å². The smallest absolute Gasteiger partial charge is 0.410 e. The summed E-state index contributed by atoms with van der Waals surface area (Å²) in [6.07, 6.45) is 0.214. The summed E-state index contributed by atoms with van der Waals surface area (Å²) < 4.78 is 5.07. The van der Waals surface area contributed by atoms with Crippen molar-refractivity contribution in [2.75, 3.05) is 18.5 Å². The first-order valence-corrected chi connectivity index (χ1v) is 10.2. The molecule has 1 aliphatic rings. The lowest BCUT2D eigenvalue weighted by Crippen LogP contribution is -2.35. The molecule has 0 bridgehead atoms. The number of nitrogens with zero attached hydrogens (tertiary/aromatic N) is 2. The molecule has 146 valence electrons. The first-order valence-electron chi connectivity index (χ1n) is 9.37. The van der Waals surface area contributed by atoms with E-state index in [1.54, 1.807) is 17.9 Å². The minimum atomic E-state index is -0.355. The highest BCUT2D eigenvalue weighted by atomic mass is 32.1. The Bertz CT molecular complexity index is 1150. The van der Waals surface area contributed by atoms with Crippen LogP contribution in [0.1, 0.15) is 33.3 Å². The minimum absolute atomic E-state index is 0.256. The van der Waals surface area contributed by atoms with E-state index in [0.717, 1.165) is 21.2 Å². The highest BCUT2D eigenvalue weighted by Gasteiger charge is 2.28. The van der Waals surface area contributed by atoms with Crippen LogP contribution in [0.15, 0.2) is 42.5 Å². The van der Waals surface area contributed by atoms with Gasteiger partial charge in [0.2, 0.25) is 0 Å². The average Bonchev–Trinajstić information content (AvgIpc) is 3.09. The van der Waals surface area contributed by atoms with Gasteiger partial charge in [0.15, 0.2) is 0 Å². The van der Waals surface area contributed by atoms with Crippen LogP contribution in [0.25, 0.3) is 10.8 Å². The standard InChI is InChI=1S/C22H19N3O3S/c1-2-28-22(27)25-10-9-17-18(12-23)21(29-19(17)13-25)24-20(26)16-8-7-14-5-3-4-6-15(14)11-16/h3-8,11H,2,9-10,13H2,1H3,(H,24,26). The molecule has 3 aromatic rings. The summed E-state index contributed by atoms with van der Waals surface area (Å²) in [7, 11) is 0. The second-order valence-electron chi connectivity index (χ2n) is 6.71. The Morgan fingerprint density at radius 2 is 2.03 bits per heavy atom. The van der Waals surface area contributed by atoms with Crippen molar-refractivity contribution in [1.29, 1.82) is 5.26 Å². The van der Waals surface area contributed by atoms with E-state index in [-0.39, 0.29) is 12.0 Å². The number of ether oxygens (including phenoxy) is 1. The topological polar surface area (TPSA) is 82.4 Å². The molecule has 1 N–H and O–H groups in total. The fraction of sp³-hybridized carbons (Fsp3) is 0.227. The van der Waals surface area contributed by atoms with Crippen molar-refractivity contribution < 1.29 is 14.3 Å². The lowest BCUT2D eigenvalue weighted by molar-refractivity contribution is 0.102. The molecule has 0 saturated heterocycles. The Hall–Kier alpha value is -3.37. The molecule has 7 heteroatoms. The molecule has 4 rings (SSSR count). The Balaban J connectivity index is 1.58. The molecule has 1 aromatic heterocycles. The van der Waals surface area contributed by atoms with Gasteiger partial charge >= 0.3 is 6.09 Å². The number of nitrogens with one attached hydrogen (secondary N) is 1. The van der Waals surface area contributed by atoms with Gasteiger partial charge in [-0.05, 0) is 41.8 Å². The normalized spacial score (nSPS) is 12.9. The number of hydrogen-bond donors (Lipinski definition) is 1. The van der Waals surface area contributed by atoms with Gasteiger partial charge in [-0.15, -0.1) is 11.3 Å². The summed E-state index contributed by atoms with van der Waals surface area (Å²) in [6.45, 7) is 2.98. The second kappa shape index (κ2) is 7.94. The molecule has 2 aromatic carbocycles. The maximum absolute atomic E-state index is 12.8. The van der Waals surface area contributed by atoms with E-state index in [9.17, 15) is 14.9 Å². The van der Waals surface area contributed by atoms with Crippen molar-refractivity contribution in [3.63, 3.8) is 0 Å². The molecule has 6 nitrogen and oxygen atoms in total. The maximum atomic E-state index is 12.8. The van der Waals surface area contributed by atoms with E-state index in [1.807, 2.05) is 36.4 Å². The summed E-state index contributed by atoms with van der Waals surface area (Å²) >= 11 is 1.35. The molecule has 2 heterocycles. The van der Waals surface area contributed by atoms with Crippen LogP contribution in [0.2, 0.25) is 0 Å². The number of hydrogen-bond acceptors (Lipinski definition) is 5. The lowest BCUT2D eigenvalue weighted by Gasteiger charge is -2.25. The van der Waals surface area contributed by atoms with Crippen LogP contribution in [0, 0.1) is 11.3 Å². The average molecular weight is 405 g/mol. The number of thiophene rings is 1. The number of amides is 2. The van der Waals surface area contributed by atoms with Gasteiger partial charge < -0.3 is 15.0 Å². The van der Waals surface area contributed by atoms with Gasteiger partial charge in [-0.25, -0.2) is 4.79 Å². The number of nitriles is 1. The Morgan fingerprint density at radius 3 is 2.79 bits per heavy atom. The Morgan fingerprint density at radius 1 is 1.24 bits per heavy atom. The van der Waals surface area contributed by atoms with Crippen LogP contribution < -0.4 is 5.32 Å². The SMILES string of the molecule is CCOC(=O)N1CCc2c(sc(NC(=O)c3ccc4ccccc4c3)c2C#N)C1. The zero-order valence-electron chi connectivity index (χ0n) is 15.9. The number of anilines is 1. The summed E-state index contributed by atoms with van der Waals surface area (Å²) in [4.78, 5) is 27.3. The van der Waals surface area contributed by atoms with Crippen molar-refractivity contribution in [3.8, 4) is 6.07 Å². The largest absolute Gasteiger partial charge is 0.450 e. The quantitative estimate of drug-likeness (QED) is 0.693. The molecule has 1 aliphatic heterocycles. The molecule has 2 amide bonds. The molecule has 29 heavy (non-hydrogen) atoms. The number of carbonyl (C=O) groups excluding carboxylic acids is 2. The number of benzene rings is 2. The van der Waals surface area contributed by atoms with Crippen LogP contribution in [0.4, 0.5) is 9.80 Å². The van der Waals surface area contributed by atoms with E-state index in [4.69, 9.17) is 4.74 Å². The number of rotatable bonds is 3. The molecule has 0 aliphatic carbocycles. The molecule has 0 spiro atoms. The third-order valence-corrected chi connectivity index (χ3v) is 6.07. The van der Waals surface area contributed by atoms with Gasteiger partial charge in [0.25, 0.3) is 5.91 Å². The van der Waals surface area contributed by atoms with E-state index < -0.39 is 0 Å². The van der Waals surface area contributed by atoms with E-state index in [1.165, 1.54) is 11.3 Å². The van der Waals surface area contributed by atoms with Crippen molar-refractivity contribution in [2.24, 2.45) is 0 Å². The highest BCUT2D eigenvalue weighted by molar-refractivity contribution is 7.16. The summed E-state index contributed by atoms with van der Waals surface area (Å²) in [6, 6.07) is 15.6. The predicted octanol–water partition coefficient (Wildman–Crippen LogP) is 4.54. The van der Waals surface area contributed by atoms with Gasteiger partial charge in [-0.1, -0.05) is 30.3 Å². The van der Waals surface area contributed by atoms with Crippen LogP contribution in [0.5, 0.6) is 0 Å². The zero-order valence-corrected chi connectivity index (χ0v) is 16.7. The second-order valence-corrected chi connectivity index (χ2v) is 7.81. The van der Waals surface area contributed by atoms with Crippen molar-refractivity contribution in [2.45, 2.75) is 19.9 Å². The molecule has 0 saturated carbocycles. The molecular weight excluding hydrogens is 386 g/mol. The Labute approximate surface area is 172 Å². The molecular formula is C22H19N3O3S. The van der Waals surface area contributed by atoms with E-state index in [2.05, 4.69) is 11.4 Å². The number of fused-ring (bicyclic) bond motifs is 2. The maximum Gasteiger partial charge on any atom is 0.410 e. The summed E-state index contributed by atoms with van der Waals surface area (Å²) in [5, 5.41) is 15.1. The summed E-state index contributed by atoms with van der Waals surface area (Å²) in [5.41, 5.74) is 1.93. The third-order valence-electron chi connectivity index (χ3n) is 4.93. The Kier molecular flexibility index (Phi) is 5.19. The van der Waals surface area contributed by atoms with Crippen molar-refractivity contribution >= 4 is 39.1 Å². The monoisotopic (exact) mass is 405 g/mol. The van der Waals surface area contributed by atoms with Crippen molar-refractivity contribution in [3.05, 3.63) is 64.0 Å². The fourth-order valence-corrected chi connectivity index (χ4v) is 4.70. The van der Waals surface area contributed by atoms with Crippen LogP contribution in [-0.2, 0) is 17.7 Å². The first kappa shape index (κ1) is 19.0. The van der Waals surface area contributed by atoms with Gasteiger partial charge in [0, 0.05) is 17.0 Å². The number of carbonyl (C=O) groups is 2. The van der Waals surface area contributed by atoms with E-state index in [0.29, 0.717) is 42.2 Å². The van der Waals surface area contributed by atoms with Gasteiger partial charge in [-0.2, -0.15) is 5.26 Å². The van der Waals surface area contributed by atoms with Gasteiger partial charge in [0.05, 0.1) is 18.7 Å². The lowest BCUT2D eigenvalue weighted by atomic mass is 10.0. The minimum Gasteiger partial charge on any atom is -0.450 e. The third kappa shape index (κ3) is 3.67. The zero-order chi connectivity index (χ0) is 20.4. The van der Waals surface area contributed by atoms with Crippen LogP contribution in [-0.4, -0.2) is 30.1 Å². The van der Waals surface area contributed by atoms with Gasteiger partial charge in [-0.3, -0.25) is 4.79 Å². The summed E-state index contributed by atoms with van der Waals surface area (Å²) in [5.74, 6) is -0.256.